The summed E-state index contributed by atoms with van der Waals surface area (Å²) >= 11 is 0. The van der Waals surface area contributed by atoms with Crippen LogP contribution in [0.4, 0.5) is 0 Å². The molecule has 1 aromatic heterocycles. The van der Waals surface area contributed by atoms with E-state index in [1.165, 1.54) is 0 Å². The topological polar surface area (TPSA) is 56.7 Å². The zero-order valence-electron chi connectivity index (χ0n) is 15.1. The fourth-order valence-electron chi connectivity index (χ4n) is 2.17. The maximum atomic E-state index is 5.81. The average Bonchev–Trinajstić information content (AvgIpc) is 2.37. The normalized spacial score (nSPS) is 17.0. The molecule has 2 rings (SSSR count). The van der Waals surface area contributed by atoms with E-state index in [0.717, 1.165) is 13.1 Å². The maximum Gasteiger partial charge on any atom is 0.234 e. The highest BCUT2D eigenvalue weighted by Crippen LogP contribution is 2.24. The average molecular weight is 323 g/mol. The largest absolute Gasteiger partial charge is 0.474 e. The Bertz CT molecular complexity index is 485. The molecule has 130 valence electrons. The van der Waals surface area contributed by atoms with Crippen LogP contribution in [0.25, 0.3) is 0 Å². The highest BCUT2D eigenvalue weighted by molar-refractivity contribution is 5.16. The molecule has 1 saturated heterocycles. The molecule has 0 radical (unpaired) electrons. The predicted octanol–water partition coefficient (Wildman–Crippen LogP) is 2.53. The molecule has 0 aromatic carbocycles. The zero-order chi connectivity index (χ0) is 17.1. The van der Waals surface area contributed by atoms with Gasteiger partial charge in [-0.1, -0.05) is 0 Å². The monoisotopic (exact) mass is 323 g/mol. The summed E-state index contributed by atoms with van der Waals surface area (Å²) < 4.78 is 16.9. The number of likely N-dealkylation sites (tertiary alicyclic amines) is 1. The van der Waals surface area contributed by atoms with Gasteiger partial charge in [0, 0.05) is 30.8 Å². The van der Waals surface area contributed by atoms with Crippen LogP contribution in [0, 0.1) is 0 Å². The standard InChI is InChI=1S/C17H29N3O3/c1-16(2,3)20-11-13(12-20)23-15-8-7-14(18-19-15)21-9-10-22-17(4,5)6/h7-8,13H,9-12H2,1-6H3. The first-order valence-corrected chi connectivity index (χ1v) is 8.16. The number of hydrogen-bond donors (Lipinski definition) is 0. The van der Waals surface area contributed by atoms with Crippen LogP contribution in [0.1, 0.15) is 41.5 Å². The molecule has 0 bridgehead atoms. The van der Waals surface area contributed by atoms with Crippen LogP contribution in [0.2, 0.25) is 0 Å². The van der Waals surface area contributed by atoms with Crippen LogP contribution in [-0.4, -0.2) is 58.6 Å². The van der Waals surface area contributed by atoms with Crippen molar-refractivity contribution in [1.82, 2.24) is 15.1 Å². The van der Waals surface area contributed by atoms with Crippen molar-refractivity contribution in [3.63, 3.8) is 0 Å². The number of nitrogens with zero attached hydrogens (tertiary/aromatic N) is 3. The Labute approximate surface area is 139 Å². The molecule has 0 aliphatic carbocycles. The summed E-state index contributed by atoms with van der Waals surface area (Å²) in [5, 5.41) is 8.08. The number of aromatic nitrogens is 2. The van der Waals surface area contributed by atoms with Crippen molar-refractivity contribution in [2.45, 2.75) is 58.8 Å². The van der Waals surface area contributed by atoms with E-state index < -0.39 is 0 Å². The fraction of sp³-hybridized carbons (Fsp3) is 0.765. The molecule has 1 aliphatic heterocycles. The van der Waals surface area contributed by atoms with Crippen molar-refractivity contribution in [2.24, 2.45) is 0 Å². The van der Waals surface area contributed by atoms with Gasteiger partial charge in [0.2, 0.25) is 11.8 Å². The Morgan fingerprint density at radius 2 is 1.61 bits per heavy atom. The lowest BCUT2D eigenvalue weighted by Crippen LogP contribution is -2.60. The van der Waals surface area contributed by atoms with Crippen LogP contribution in [0.3, 0.4) is 0 Å². The molecule has 0 unspecified atom stereocenters. The molecule has 0 N–H and O–H groups in total. The molecule has 0 spiro atoms. The molecule has 6 heteroatoms. The van der Waals surface area contributed by atoms with Gasteiger partial charge in [0.05, 0.1) is 12.2 Å². The molecule has 1 fully saturated rings. The molecular formula is C17H29N3O3. The molecule has 0 atom stereocenters. The highest BCUT2D eigenvalue weighted by atomic mass is 16.5. The van der Waals surface area contributed by atoms with Gasteiger partial charge in [-0.2, -0.15) is 0 Å². The van der Waals surface area contributed by atoms with Crippen LogP contribution < -0.4 is 9.47 Å². The molecule has 2 heterocycles. The summed E-state index contributed by atoms with van der Waals surface area (Å²) in [4.78, 5) is 2.37. The second kappa shape index (κ2) is 7.01. The first-order valence-electron chi connectivity index (χ1n) is 8.16. The van der Waals surface area contributed by atoms with E-state index in [2.05, 4.69) is 35.9 Å². The van der Waals surface area contributed by atoms with Gasteiger partial charge in [-0.05, 0) is 41.5 Å². The van der Waals surface area contributed by atoms with Crippen molar-refractivity contribution >= 4 is 0 Å². The number of ether oxygens (including phenoxy) is 3. The van der Waals surface area contributed by atoms with Crippen molar-refractivity contribution in [2.75, 3.05) is 26.3 Å². The minimum Gasteiger partial charge on any atom is -0.474 e. The summed E-state index contributed by atoms with van der Waals surface area (Å²) in [6, 6.07) is 3.58. The summed E-state index contributed by atoms with van der Waals surface area (Å²) in [5.74, 6) is 1.03. The summed E-state index contributed by atoms with van der Waals surface area (Å²) in [7, 11) is 0. The molecule has 1 aliphatic rings. The van der Waals surface area contributed by atoms with Gasteiger partial charge in [-0.3, -0.25) is 4.90 Å². The minimum atomic E-state index is -0.156. The Hall–Kier alpha value is -1.40. The first-order chi connectivity index (χ1) is 10.6. The SMILES string of the molecule is CC(C)(C)OCCOc1ccc(OC2CN(C(C)(C)C)C2)nn1. The van der Waals surface area contributed by atoms with Gasteiger partial charge < -0.3 is 14.2 Å². The van der Waals surface area contributed by atoms with Crippen molar-refractivity contribution in [3.8, 4) is 11.8 Å². The molecule has 6 nitrogen and oxygen atoms in total. The van der Waals surface area contributed by atoms with Gasteiger partial charge in [-0.15, -0.1) is 10.2 Å². The minimum absolute atomic E-state index is 0.156. The van der Waals surface area contributed by atoms with E-state index in [9.17, 15) is 0 Å². The van der Waals surface area contributed by atoms with E-state index in [0.29, 0.717) is 25.0 Å². The van der Waals surface area contributed by atoms with E-state index in [1.807, 2.05) is 20.8 Å². The Kier molecular flexibility index (Phi) is 5.47. The van der Waals surface area contributed by atoms with Gasteiger partial charge in [0.15, 0.2) is 0 Å². The van der Waals surface area contributed by atoms with E-state index >= 15 is 0 Å². The fourth-order valence-corrected chi connectivity index (χ4v) is 2.17. The Morgan fingerprint density at radius 1 is 1.00 bits per heavy atom. The molecule has 0 amide bonds. The molecule has 0 saturated carbocycles. The second-order valence-corrected chi connectivity index (χ2v) is 7.83. The predicted molar refractivity (Wildman–Crippen MR) is 89.0 cm³/mol. The van der Waals surface area contributed by atoms with Crippen LogP contribution in [-0.2, 0) is 4.74 Å². The second-order valence-electron chi connectivity index (χ2n) is 7.83. The third kappa shape index (κ3) is 5.95. The van der Waals surface area contributed by atoms with Crippen LogP contribution in [0.15, 0.2) is 12.1 Å². The van der Waals surface area contributed by atoms with Crippen LogP contribution in [0.5, 0.6) is 11.8 Å². The van der Waals surface area contributed by atoms with Gasteiger partial charge in [0.25, 0.3) is 0 Å². The quantitative estimate of drug-likeness (QED) is 0.750. The zero-order valence-corrected chi connectivity index (χ0v) is 15.1. The van der Waals surface area contributed by atoms with E-state index in [1.54, 1.807) is 12.1 Å². The van der Waals surface area contributed by atoms with Gasteiger partial charge in [0.1, 0.15) is 12.7 Å². The highest BCUT2D eigenvalue weighted by Gasteiger charge is 2.35. The van der Waals surface area contributed by atoms with Crippen LogP contribution >= 0.6 is 0 Å². The third-order valence-electron chi connectivity index (χ3n) is 3.57. The molecule has 23 heavy (non-hydrogen) atoms. The smallest absolute Gasteiger partial charge is 0.234 e. The lowest BCUT2D eigenvalue weighted by atomic mass is 9.99. The van der Waals surface area contributed by atoms with E-state index in [-0.39, 0.29) is 17.2 Å². The molecule has 1 aromatic rings. The first kappa shape index (κ1) is 17.9. The van der Waals surface area contributed by atoms with E-state index in [4.69, 9.17) is 14.2 Å². The lowest BCUT2D eigenvalue weighted by molar-refractivity contribution is -0.0373. The van der Waals surface area contributed by atoms with Crippen molar-refractivity contribution in [1.29, 1.82) is 0 Å². The van der Waals surface area contributed by atoms with Crippen molar-refractivity contribution < 1.29 is 14.2 Å². The van der Waals surface area contributed by atoms with Crippen molar-refractivity contribution in [3.05, 3.63) is 12.1 Å². The summed E-state index contributed by atoms with van der Waals surface area (Å²) in [5.41, 5.74) is 0.0365. The summed E-state index contributed by atoms with van der Waals surface area (Å²) in [6.45, 7) is 15.5. The Balaban J connectivity index is 1.69. The number of rotatable bonds is 6. The maximum absolute atomic E-state index is 5.81. The number of hydrogen-bond acceptors (Lipinski definition) is 6. The lowest BCUT2D eigenvalue weighted by Gasteiger charge is -2.46. The summed E-state index contributed by atoms with van der Waals surface area (Å²) in [6.07, 6.45) is 0.190. The third-order valence-corrected chi connectivity index (χ3v) is 3.57. The van der Waals surface area contributed by atoms with Gasteiger partial charge >= 0.3 is 0 Å². The Morgan fingerprint density at radius 3 is 2.13 bits per heavy atom. The van der Waals surface area contributed by atoms with Gasteiger partial charge in [-0.25, -0.2) is 0 Å². The molecular weight excluding hydrogens is 294 g/mol.